The molecular weight excluding hydrogens is 564 g/mol. The lowest BCUT2D eigenvalue weighted by Gasteiger charge is -2.15. The summed E-state index contributed by atoms with van der Waals surface area (Å²) in [5.74, 6) is 0. The normalized spacial score (nSPS) is 12.3. The van der Waals surface area contributed by atoms with Gasteiger partial charge in [-0.3, -0.25) is 15.0 Å². The van der Waals surface area contributed by atoms with E-state index >= 15 is 0 Å². The van der Waals surface area contributed by atoms with Gasteiger partial charge in [-0.2, -0.15) is 5.26 Å². The van der Waals surface area contributed by atoms with Crippen LogP contribution in [0.2, 0.25) is 0 Å². The van der Waals surface area contributed by atoms with Crippen molar-refractivity contribution in [3.8, 4) is 17.4 Å². The zero-order valence-corrected chi connectivity index (χ0v) is 24.2. The molecule has 0 saturated carbocycles. The first-order chi connectivity index (χ1) is 22.8. The third kappa shape index (κ3) is 2.71. The molecule has 0 amide bonds. The average molecular weight is 585 g/mol. The quantitative estimate of drug-likeness (QED) is 0.190. The lowest BCUT2D eigenvalue weighted by Crippen LogP contribution is -2.03. The van der Waals surface area contributed by atoms with Crippen LogP contribution in [0.5, 0.6) is 0 Å². The van der Waals surface area contributed by atoms with E-state index in [2.05, 4.69) is 118 Å². The predicted molar refractivity (Wildman–Crippen MR) is 186 cm³/mol. The molecule has 0 N–H and O–H groups in total. The molecule has 0 aliphatic rings. The molecule has 6 nitrogen and oxygen atoms in total. The van der Waals surface area contributed by atoms with Gasteiger partial charge in [-0.15, -0.1) is 0 Å². The Kier molecular flexibility index (Phi) is 4.31. The first-order valence-corrected chi connectivity index (χ1v) is 15.3. The van der Waals surface area contributed by atoms with Gasteiger partial charge < -0.3 is 9.13 Å². The molecule has 0 aliphatic carbocycles. The first kappa shape index (κ1) is 23.8. The Balaban J connectivity index is 1.30. The van der Waals surface area contributed by atoms with E-state index < -0.39 is 0 Å². The van der Waals surface area contributed by atoms with Crippen LogP contribution in [0.25, 0.3) is 98.5 Å². The fraction of sp³-hybridized carbons (Fsp3) is 0. The lowest BCUT2D eigenvalue weighted by atomic mass is 9.97. The van der Waals surface area contributed by atoms with Gasteiger partial charge in [0.25, 0.3) is 0 Å². The second-order valence-electron chi connectivity index (χ2n) is 11.9. The highest BCUT2D eigenvalue weighted by Gasteiger charge is 2.25. The van der Waals surface area contributed by atoms with Crippen LogP contribution < -0.4 is 0 Å². The minimum Gasteiger partial charge on any atom is -0.308 e. The summed E-state index contributed by atoms with van der Waals surface area (Å²) in [5.41, 5.74) is 9.19. The van der Waals surface area contributed by atoms with Gasteiger partial charge in [-0.05, 0) is 47.2 Å². The zero-order valence-electron chi connectivity index (χ0n) is 24.2. The number of hydrogen-bond donors (Lipinski definition) is 0. The number of benzene rings is 7. The molecule has 4 aromatic heterocycles. The molecule has 0 saturated heterocycles. The van der Waals surface area contributed by atoms with Crippen molar-refractivity contribution < 1.29 is 0 Å². The van der Waals surface area contributed by atoms with Crippen molar-refractivity contribution in [3.05, 3.63) is 127 Å². The van der Waals surface area contributed by atoms with Gasteiger partial charge in [0.15, 0.2) is 0 Å². The van der Waals surface area contributed by atoms with Crippen LogP contribution in [0, 0.1) is 11.3 Å². The molecule has 0 fully saturated rings. The van der Waals surface area contributed by atoms with Crippen molar-refractivity contribution in [3.63, 3.8) is 0 Å². The van der Waals surface area contributed by atoms with Gasteiger partial charge in [-0.1, -0.05) is 66.7 Å². The lowest BCUT2D eigenvalue weighted by molar-refractivity contribution is 1.12. The van der Waals surface area contributed by atoms with Crippen LogP contribution in [0.1, 0.15) is 5.56 Å². The van der Waals surface area contributed by atoms with Crippen molar-refractivity contribution in [1.82, 2.24) is 24.1 Å². The summed E-state index contributed by atoms with van der Waals surface area (Å²) in [6, 6.07) is 38.5. The Bertz CT molecular complexity index is 2730. The molecule has 4 heterocycles. The Hall–Kier alpha value is -6.58. The van der Waals surface area contributed by atoms with Gasteiger partial charge in [0.2, 0.25) is 0 Å². The third-order valence-corrected chi connectivity index (χ3v) is 9.81. The monoisotopic (exact) mass is 584 g/mol. The van der Waals surface area contributed by atoms with Gasteiger partial charge in [0.1, 0.15) is 11.6 Å². The fourth-order valence-corrected chi connectivity index (χ4v) is 8.13. The predicted octanol–water partition coefficient (Wildman–Crippen LogP) is 9.43. The van der Waals surface area contributed by atoms with E-state index in [9.17, 15) is 5.26 Å². The molecule has 0 atom stereocenters. The van der Waals surface area contributed by atoms with Crippen LogP contribution >= 0.6 is 0 Å². The molecule has 0 unspecified atom stereocenters. The van der Waals surface area contributed by atoms with Gasteiger partial charge >= 0.3 is 0 Å². The molecule has 11 rings (SSSR count). The summed E-state index contributed by atoms with van der Waals surface area (Å²) >= 11 is 0. The maximum atomic E-state index is 11.0. The van der Waals surface area contributed by atoms with Crippen molar-refractivity contribution in [2.45, 2.75) is 0 Å². The zero-order chi connectivity index (χ0) is 30.1. The maximum absolute atomic E-state index is 11.0. The maximum Gasteiger partial charge on any atom is 0.104 e. The molecular formula is C40H20N6. The summed E-state index contributed by atoms with van der Waals surface area (Å²) in [4.78, 5) is 14.4. The Labute approximate surface area is 260 Å². The number of nitriles is 1. The number of rotatable bonds is 2. The molecule has 46 heavy (non-hydrogen) atoms. The van der Waals surface area contributed by atoms with E-state index in [0.29, 0.717) is 5.56 Å². The third-order valence-electron chi connectivity index (χ3n) is 9.81. The fourth-order valence-electron chi connectivity index (χ4n) is 8.13. The van der Waals surface area contributed by atoms with Gasteiger partial charge in [0.05, 0.1) is 50.0 Å². The summed E-state index contributed by atoms with van der Waals surface area (Å²) in [7, 11) is 0. The molecule has 11 aromatic rings. The van der Waals surface area contributed by atoms with Crippen molar-refractivity contribution in [1.29, 1.82) is 5.26 Å². The molecule has 6 heteroatoms. The summed E-state index contributed by atoms with van der Waals surface area (Å²) in [6.07, 6.45) is 5.39. The standard InChI is InChI=1S/C40H20N6/c41-21-27-28(45-31-15-4-10-25-35(31)36-26(11-5-16-32(36)45)40-39(25)43-19-20-44-40)12-6-13-29(27)46-30-14-3-9-23-22-7-1-2-8-24(22)38-37(34(23)30)33(46)17-18-42-38/h1-20H. The minimum absolute atomic E-state index is 0.601. The largest absolute Gasteiger partial charge is 0.308 e. The van der Waals surface area contributed by atoms with Crippen LogP contribution in [-0.2, 0) is 0 Å². The molecule has 7 aromatic carbocycles. The van der Waals surface area contributed by atoms with Crippen LogP contribution in [0.15, 0.2) is 122 Å². The molecule has 0 radical (unpaired) electrons. The van der Waals surface area contributed by atoms with E-state index in [4.69, 9.17) is 15.0 Å². The highest BCUT2D eigenvalue weighted by atomic mass is 15.0. The van der Waals surface area contributed by atoms with Crippen molar-refractivity contribution in [2.24, 2.45) is 0 Å². The second kappa shape index (κ2) is 8.32. The van der Waals surface area contributed by atoms with Gasteiger partial charge in [0, 0.05) is 56.3 Å². The van der Waals surface area contributed by atoms with Crippen LogP contribution in [-0.4, -0.2) is 24.1 Å². The first-order valence-electron chi connectivity index (χ1n) is 15.3. The number of nitrogens with zero attached hydrogens (tertiary/aromatic N) is 6. The van der Waals surface area contributed by atoms with Crippen molar-refractivity contribution in [2.75, 3.05) is 0 Å². The van der Waals surface area contributed by atoms with Crippen LogP contribution in [0.3, 0.4) is 0 Å². The van der Waals surface area contributed by atoms with E-state index in [1.807, 2.05) is 6.20 Å². The van der Waals surface area contributed by atoms with Gasteiger partial charge in [-0.25, -0.2) is 0 Å². The molecule has 210 valence electrons. The summed E-state index contributed by atoms with van der Waals surface area (Å²) in [5, 5.41) is 21.2. The number of aromatic nitrogens is 5. The second-order valence-corrected chi connectivity index (χ2v) is 11.9. The molecule has 0 bridgehead atoms. The SMILES string of the molecule is N#Cc1c(-n2c3cccc4c5nccnc5c5cccc2c5c43)cccc1-n1c2cccc3c4ccccc4c4nccc1c4c32. The smallest absolute Gasteiger partial charge is 0.104 e. The van der Waals surface area contributed by atoms with E-state index in [1.54, 1.807) is 12.4 Å². The minimum atomic E-state index is 0.601. The summed E-state index contributed by atoms with van der Waals surface area (Å²) in [6.45, 7) is 0. The summed E-state index contributed by atoms with van der Waals surface area (Å²) < 4.78 is 4.49. The molecule has 0 spiro atoms. The molecule has 0 aliphatic heterocycles. The highest BCUT2D eigenvalue weighted by molar-refractivity contribution is 6.34. The van der Waals surface area contributed by atoms with E-state index in [0.717, 1.165) is 82.3 Å². The topological polar surface area (TPSA) is 72.3 Å². The van der Waals surface area contributed by atoms with E-state index in [-0.39, 0.29) is 0 Å². The van der Waals surface area contributed by atoms with Crippen molar-refractivity contribution >= 4 is 87.1 Å². The Morgan fingerprint density at radius 3 is 1.50 bits per heavy atom. The van der Waals surface area contributed by atoms with Crippen LogP contribution in [0.4, 0.5) is 0 Å². The number of hydrogen-bond acceptors (Lipinski definition) is 4. The average Bonchev–Trinajstić information content (AvgIpc) is 3.64. The van der Waals surface area contributed by atoms with E-state index in [1.165, 1.54) is 16.2 Å². The highest BCUT2D eigenvalue weighted by Crippen LogP contribution is 2.45. The number of pyridine rings is 1. The Morgan fingerprint density at radius 1 is 0.413 bits per heavy atom. The number of fused-ring (bicyclic) bond motifs is 6. The Morgan fingerprint density at radius 2 is 0.891 bits per heavy atom.